The molecule has 0 amide bonds. The quantitative estimate of drug-likeness (QED) is 0.781. The first kappa shape index (κ1) is 12.1. The van der Waals surface area contributed by atoms with E-state index in [1.807, 2.05) is 30.3 Å². The Morgan fingerprint density at radius 1 is 1.32 bits per heavy atom. The summed E-state index contributed by atoms with van der Waals surface area (Å²) in [6, 6.07) is 12.2. The van der Waals surface area contributed by atoms with Crippen LogP contribution in [0.2, 0.25) is 0 Å². The first-order chi connectivity index (χ1) is 9.38. The third-order valence-corrected chi connectivity index (χ3v) is 4.19. The van der Waals surface area contributed by atoms with Crippen LogP contribution in [-0.2, 0) is 0 Å². The van der Waals surface area contributed by atoms with Crippen molar-refractivity contribution in [2.24, 2.45) is 0 Å². The van der Waals surface area contributed by atoms with E-state index < -0.39 is 0 Å². The number of para-hydroxylation sites is 1. The number of anilines is 1. The molecule has 1 aliphatic heterocycles. The van der Waals surface area contributed by atoms with Crippen molar-refractivity contribution in [2.45, 2.75) is 11.8 Å². The van der Waals surface area contributed by atoms with Gasteiger partial charge in [0.15, 0.2) is 5.76 Å². The van der Waals surface area contributed by atoms with Crippen molar-refractivity contribution in [2.75, 3.05) is 4.90 Å². The van der Waals surface area contributed by atoms with E-state index in [-0.39, 0.29) is 0 Å². The summed E-state index contributed by atoms with van der Waals surface area (Å²) >= 11 is 1.78. The molecule has 0 saturated carbocycles. The smallest absolute Gasteiger partial charge is 0.174 e. The van der Waals surface area contributed by atoms with Crippen LogP contribution in [0.1, 0.15) is 12.2 Å². The molecule has 0 radical (unpaired) electrons. The Hall–Kier alpha value is -1.94. The predicted molar refractivity (Wildman–Crippen MR) is 79.6 cm³/mol. The Bertz CT molecular complexity index is 577. The van der Waals surface area contributed by atoms with Gasteiger partial charge in [-0.05, 0) is 18.6 Å². The van der Waals surface area contributed by atoms with E-state index in [1.54, 1.807) is 18.0 Å². The first-order valence-corrected chi connectivity index (χ1v) is 7.00. The van der Waals surface area contributed by atoms with Crippen molar-refractivity contribution in [3.8, 4) is 0 Å². The number of benzene rings is 1. The molecule has 2 heterocycles. The zero-order valence-corrected chi connectivity index (χ0v) is 11.2. The molecule has 1 aromatic carbocycles. The molecular formula is C15H14N2OS. The molecule has 4 heteroatoms. The minimum Gasteiger partial charge on any atom is -0.356 e. The number of nitrogens with zero attached hydrogens (tertiary/aromatic N) is 2. The predicted octanol–water partition coefficient (Wildman–Crippen LogP) is 4.13. The van der Waals surface area contributed by atoms with Crippen LogP contribution in [0.5, 0.6) is 0 Å². The van der Waals surface area contributed by atoms with Crippen molar-refractivity contribution in [3.05, 3.63) is 67.2 Å². The van der Waals surface area contributed by atoms with Gasteiger partial charge in [-0.1, -0.05) is 41.2 Å². The van der Waals surface area contributed by atoms with Crippen LogP contribution in [0.15, 0.2) is 66.0 Å². The lowest BCUT2D eigenvalue weighted by Crippen LogP contribution is -2.23. The SMILES string of the molecule is C=CCC1SC(c2ccno2)=CN1c1ccccc1. The summed E-state index contributed by atoms with van der Waals surface area (Å²) in [4.78, 5) is 3.36. The van der Waals surface area contributed by atoms with E-state index in [4.69, 9.17) is 4.52 Å². The lowest BCUT2D eigenvalue weighted by molar-refractivity contribution is 0.412. The van der Waals surface area contributed by atoms with E-state index >= 15 is 0 Å². The van der Waals surface area contributed by atoms with Gasteiger partial charge in [-0.15, -0.1) is 6.58 Å². The Morgan fingerprint density at radius 2 is 2.16 bits per heavy atom. The van der Waals surface area contributed by atoms with Gasteiger partial charge < -0.3 is 9.42 Å². The van der Waals surface area contributed by atoms with E-state index in [0.717, 1.165) is 17.1 Å². The highest BCUT2D eigenvalue weighted by molar-refractivity contribution is 8.09. The molecule has 3 nitrogen and oxygen atoms in total. The van der Waals surface area contributed by atoms with Crippen LogP contribution in [0.25, 0.3) is 4.91 Å². The van der Waals surface area contributed by atoms with E-state index in [0.29, 0.717) is 5.37 Å². The minimum absolute atomic E-state index is 0.319. The van der Waals surface area contributed by atoms with Gasteiger partial charge in [0.25, 0.3) is 0 Å². The van der Waals surface area contributed by atoms with Gasteiger partial charge in [-0.2, -0.15) is 0 Å². The van der Waals surface area contributed by atoms with Crippen LogP contribution >= 0.6 is 11.8 Å². The maximum Gasteiger partial charge on any atom is 0.174 e. The molecule has 3 rings (SSSR count). The topological polar surface area (TPSA) is 29.3 Å². The van der Waals surface area contributed by atoms with Gasteiger partial charge >= 0.3 is 0 Å². The lowest BCUT2D eigenvalue weighted by Gasteiger charge is -2.23. The monoisotopic (exact) mass is 270 g/mol. The fraction of sp³-hybridized carbons (Fsp3) is 0.133. The summed E-state index contributed by atoms with van der Waals surface area (Å²) in [7, 11) is 0. The Labute approximate surface area is 116 Å². The molecule has 2 aromatic rings. The summed E-state index contributed by atoms with van der Waals surface area (Å²) in [5, 5.41) is 4.09. The van der Waals surface area contributed by atoms with Crippen molar-refractivity contribution < 1.29 is 4.52 Å². The highest BCUT2D eigenvalue weighted by Gasteiger charge is 2.27. The number of rotatable bonds is 4. The second-order valence-corrected chi connectivity index (χ2v) is 5.43. The molecule has 0 fully saturated rings. The number of hydrogen-bond donors (Lipinski definition) is 0. The summed E-state index contributed by atoms with van der Waals surface area (Å²) < 4.78 is 5.24. The summed E-state index contributed by atoms with van der Waals surface area (Å²) in [6.07, 6.45) is 6.65. The van der Waals surface area contributed by atoms with Gasteiger partial charge in [0.1, 0.15) is 0 Å². The van der Waals surface area contributed by atoms with Crippen LogP contribution in [0.4, 0.5) is 5.69 Å². The lowest BCUT2D eigenvalue weighted by atomic mass is 10.2. The largest absolute Gasteiger partial charge is 0.356 e. The second-order valence-electron chi connectivity index (χ2n) is 4.21. The number of thioether (sulfide) groups is 1. The van der Waals surface area contributed by atoms with Crippen molar-refractivity contribution in [3.63, 3.8) is 0 Å². The maximum absolute atomic E-state index is 5.24. The Morgan fingerprint density at radius 3 is 2.84 bits per heavy atom. The highest BCUT2D eigenvalue weighted by Crippen LogP contribution is 2.42. The standard InChI is InChI=1S/C15H14N2OS/c1-2-6-15-17(12-7-4-3-5-8-12)11-14(19-15)13-9-10-16-18-13/h2-5,7-11,15H,1,6H2. The summed E-state index contributed by atoms with van der Waals surface area (Å²) in [5.41, 5.74) is 1.18. The van der Waals surface area contributed by atoms with E-state index in [9.17, 15) is 0 Å². The molecule has 0 aliphatic carbocycles. The maximum atomic E-state index is 5.24. The van der Waals surface area contributed by atoms with Crippen LogP contribution < -0.4 is 4.90 Å². The van der Waals surface area contributed by atoms with Crippen molar-refractivity contribution in [1.82, 2.24) is 5.16 Å². The van der Waals surface area contributed by atoms with Crippen LogP contribution in [0, 0.1) is 0 Å². The van der Waals surface area contributed by atoms with Gasteiger partial charge in [-0.3, -0.25) is 0 Å². The van der Waals surface area contributed by atoms with Gasteiger partial charge in [-0.25, -0.2) is 0 Å². The molecule has 0 N–H and O–H groups in total. The normalized spacial score (nSPS) is 18.4. The van der Waals surface area contributed by atoms with E-state index in [2.05, 4.69) is 35.0 Å². The van der Waals surface area contributed by atoms with Crippen molar-refractivity contribution >= 4 is 22.4 Å². The second kappa shape index (κ2) is 5.36. The Kier molecular flexibility index (Phi) is 3.42. The molecule has 1 atom stereocenters. The molecule has 19 heavy (non-hydrogen) atoms. The third kappa shape index (κ3) is 2.44. The molecule has 0 saturated heterocycles. The average Bonchev–Trinajstić information content (AvgIpc) is 3.08. The highest BCUT2D eigenvalue weighted by atomic mass is 32.2. The van der Waals surface area contributed by atoms with Gasteiger partial charge in [0, 0.05) is 18.0 Å². The van der Waals surface area contributed by atoms with Gasteiger partial charge in [0.2, 0.25) is 0 Å². The fourth-order valence-corrected chi connectivity index (χ4v) is 3.27. The molecule has 96 valence electrons. The third-order valence-electron chi connectivity index (χ3n) is 2.93. The molecule has 0 bridgehead atoms. The first-order valence-electron chi connectivity index (χ1n) is 6.12. The summed E-state index contributed by atoms with van der Waals surface area (Å²) in [5.74, 6) is 0.817. The summed E-state index contributed by atoms with van der Waals surface area (Å²) in [6.45, 7) is 3.84. The Balaban J connectivity index is 1.92. The van der Waals surface area contributed by atoms with Crippen molar-refractivity contribution in [1.29, 1.82) is 0 Å². The fourth-order valence-electron chi connectivity index (χ4n) is 2.05. The van der Waals surface area contributed by atoms with Crippen LogP contribution in [-0.4, -0.2) is 10.5 Å². The minimum atomic E-state index is 0.319. The van der Waals surface area contributed by atoms with Gasteiger partial charge in [0.05, 0.1) is 16.5 Å². The molecular weight excluding hydrogens is 256 g/mol. The number of hydrogen-bond acceptors (Lipinski definition) is 4. The number of aromatic nitrogens is 1. The average molecular weight is 270 g/mol. The molecule has 0 spiro atoms. The van der Waals surface area contributed by atoms with Crippen LogP contribution in [0.3, 0.4) is 0 Å². The zero-order valence-electron chi connectivity index (χ0n) is 10.4. The zero-order chi connectivity index (χ0) is 13.1. The van der Waals surface area contributed by atoms with E-state index in [1.165, 1.54) is 5.69 Å². The molecule has 1 aromatic heterocycles. The molecule has 1 unspecified atom stereocenters. The molecule has 1 aliphatic rings.